The van der Waals surface area contributed by atoms with Crippen LogP contribution in [-0.2, 0) is 0 Å². The SMILES string of the molecule is c1ccc(-c2ccc3cc(N(c4cccc(-c5ccc6ccccc6c5)c4)c4ccc5c(c4)c(-c4ccccc4)c(-c4ccccc4)c4ccccc45)ccc3c2)cc1. The number of benzene rings is 11. The Hall–Kier alpha value is -7.74. The van der Waals surface area contributed by atoms with Crippen LogP contribution in [0.4, 0.5) is 17.1 Å². The first-order valence-corrected chi connectivity index (χ1v) is 20.3. The molecule has 11 aromatic rings. The first kappa shape index (κ1) is 34.5. The summed E-state index contributed by atoms with van der Waals surface area (Å²) in [5.74, 6) is 0. The molecule has 0 aliphatic heterocycles. The van der Waals surface area contributed by atoms with Crippen molar-refractivity contribution in [2.75, 3.05) is 4.90 Å². The third-order valence-corrected chi connectivity index (χ3v) is 11.8. The average molecular weight is 750 g/mol. The second-order valence-electron chi connectivity index (χ2n) is 15.3. The van der Waals surface area contributed by atoms with Crippen LogP contribution in [0.3, 0.4) is 0 Å². The molecule has 0 aromatic heterocycles. The molecule has 0 aliphatic carbocycles. The smallest absolute Gasteiger partial charge is 0.0468 e. The van der Waals surface area contributed by atoms with E-state index < -0.39 is 0 Å². The fourth-order valence-electron chi connectivity index (χ4n) is 8.95. The van der Waals surface area contributed by atoms with Crippen molar-refractivity contribution in [1.29, 1.82) is 0 Å². The molecule has 0 saturated heterocycles. The van der Waals surface area contributed by atoms with E-state index in [-0.39, 0.29) is 0 Å². The Kier molecular flexibility index (Phi) is 8.56. The molecular weight excluding hydrogens is 711 g/mol. The van der Waals surface area contributed by atoms with Crippen molar-refractivity contribution in [2.45, 2.75) is 0 Å². The summed E-state index contributed by atoms with van der Waals surface area (Å²) < 4.78 is 0. The maximum absolute atomic E-state index is 2.43. The predicted octanol–water partition coefficient (Wildman–Crippen LogP) is 16.4. The Morgan fingerprint density at radius 2 is 0.644 bits per heavy atom. The molecule has 0 radical (unpaired) electrons. The molecule has 1 nitrogen and oxygen atoms in total. The highest BCUT2D eigenvalue weighted by atomic mass is 15.1. The zero-order valence-electron chi connectivity index (χ0n) is 32.5. The van der Waals surface area contributed by atoms with Crippen molar-refractivity contribution >= 4 is 60.2 Å². The van der Waals surface area contributed by atoms with Crippen LogP contribution in [0.15, 0.2) is 237 Å². The Balaban J connectivity index is 1.16. The molecule has 0 unspecified atom stereocenters. The largest absolute Gasteiger partial charge is 0.310 e. The van der Waals surface area contributed by atoms with E-state index in [0.29, 0.717) is 0 Å². The van der Waals surface area contributed by atoms with Crippen molar-refractivity contribution in [2.24, 2.45) is 0 Å². The topological polar surface area (TPSA) is 3.24 Å². The van der Waals surface area contributed by atoms with E-state index in [0.717, 1.165) is 17.1 Å². The summed E-state index contributed by atoms with van der Waals surface area (Å²) in [4.78, 5) is 2.43. The van der Waals surface area contributed by atoms with Crippen molar-refractivity contribution in [3.05, 3.63) is 237 Å². The fourth-order valence-corrected chi connectivity index (χ4v) is 8.95. The minimum atomic E-state index is 1.10. The summed E-state index contributed by atoms with van der Waals surface area (Å²) in [7, 11) is 0. The third-order valence-electron chi connectivity index (χ3n) is 11.8. The highest BCUT2D eigenvalue weighted by molar-refractivity contribution is 6.22. The highest BCUT2D eigenvalue weighted by Crippen LogP contribution is 2.47. The lowest BCUT2D eigenvalue weighted by atomic mass is 9.85. The summed E-state index contributed by atoms with van der Waals surface area (Å²) in [6, 6.07) is 86.4. The molecule has 0 N–H and O–H groups in total. The Bertz CT molecular complexity index is 3310. The number of nitrogens with zero attached hydrogens (tertiary/aromatic N) is 1. The quantitative estimate of drug-likeness (QED) is 0.147. The fraction of sp³-hybridized carbons (Fsp3) is 0. The molecular formula is C58H39N. The molecule has 0 fully saturated rings. The minimum Gasteiger partial charge on any atom is -0.310 e. The summed E-state index contributed by atoms with van der Waals surface area (Å²) in [5.41, 5.74) is 13.0. The zero-order chi connectivity index (χ0) is 39.1. The van der Waals surface area contributed by atoms with Gasteiger partial charge in [0.1, 0.15) is 0 Å². The summed E-state index contributed by atoms with van der Waals surface area (Å²) >= 11 is 0. The first-order valence-electron chi connectivity index (χ1n) is 20.3. The van der Waals surface area contributed by atoms with E-state index in [1.54, 1.807) is 0 Å². The molecule has 0 saturated carbocycles. The predicted molar refractivity (Wildman–Crippen MR) is 253 cm³/mol. The van der Waals surface area contributed by atoms with Gasteiger partial charge in [-0.25, -0.2) is 0 Å². The molecule has 11 aromatic carbocycles. The summed E-state index contributed by atoms with van der Waals surface area (Å²) in [6.07, 6.45) is 0. The van der Waals surface area contributed by atoms with Gasteiger partial charge >= 0.3 is 0 Å². The van der Waals surface area contributed by atoms with Gasteiger partial charge in [-0.3, -0.25) is 0 Å². The summed E-state index contributed by atoms with van der Waals surface area (Å²) in [5, 5.41) is 9.84. The molecule has 0 bridgehead atoms. The van der Waals surface area contributed by atoms with Crippen LogP contribution < -0.4 is 4.90 Å². The van der Waals surface area contributed by atoms with Crippen molar-refractivity contribution in [1.82, 2.24) is 0 Å². The maximum atomic E-state index is 2.43. The van der Waals surface area contributed by atoms with Crippen LogP contribution in [0.25, 0.3) is 87.6 Å². The van der Waals surface area contributed by atoms with Gasteiger partial charge in [0.25, 0.3) is 0 Å². The average Bonchev–Trinajstić information content (AvgIpc) is 3.31. The van der Waals surface area contributed by atoms with Gasteiger partial charge in [0.05, 0.1) is 0 Å². The number of anilines is 3. The lowest BCUT2D eigenvalue weighted by Crippen LogP contribution is -2.10. The number of fused-ring (bicyclic) bond motifs is 5. The zero-order valence-corrected chi connectivity index (χ0v) is 32.5. The van der Waals surface area contributed by atoms with E-state index in [2.05, 4.69) is 241 Å². The summed E-state index contributed by atoms with van der Waals surface area (Å²) in [6.45, 7) is 0. The van der Waals surface area contributed by atoms with E-state index in [1.165, 1.54) is 87.6 Å². The van der Waals surface area contributed by atoms with Gasteiger partial charge in [0.2, 0.25) is 0 Å². The number of hydrogen-bond acceptors (Lipinski definition) is 1. The molecule has 276 valence electrons. The molecule has 0 amide bonds. The first-order chi connectivity index (χ1) is 29.2. The minimum absolute atomic E-state index is 1.10. The third kappa shape index (κ3) is 6.30. The Labute approximate surface area is 344 Å². The molecule has 0 heterocycles. The van der Waals surface area contributed by atoms with E-state index in [9.17, 15) is 0 Å². The number of rotatable bonds is 7. The standard InChI is InChI=1S/C58H39N/c1-4-15-40(16-5-1)46-29-30-49-38-51(32-31-48(49)36-46)59(50-24-14-23-45(37-50)47-28-27-41-17-10-11-22-44(41)35-47)52-33-34-54-53-25-12-13-26-55(53)57(42-18-6-2-7-19-42)58(56(54)39-52)43-20-8-3-9-21-43/h1-39H. The van der Waals surface area contributed by atoms with Crippen molar-refractivity contribution in [3.63, 3.8) is 0 Å². The van der Waals surface area contributed by atoms with Gasteiger partial charge in [-0.15, -0.1) is 0 Å². The number of hydrogen-bond donors (Lipinski definition) is 0. The molecule has 0 atom stereocenters. The maximum Gasteiger partial charge on any atom is 0.0468 e. The van der Waals surface area contributed by atoms with Crippen LogP contribution in [-0.4, -0.2) is 0 Å². The normalized spacial score (nSPS) is 11.4. The molecule has 59 heavy (non-hydrogen) atoms. The lowest BCUT2D eigenvalue weighted by molar-refractivity contribution is 1.29. The lowest BCUT2D eigenvalue weighted by Gasteiger charge is -2.28. The van der Waals surface area contributed by atoms with Crippen LogP contribution in [0.2, 0.25) is 0 Å². The highest BCUT2D eigenvalue weighted by Gasteiger charge is 2.21. The second-order valence-corrected chi connectivity index (χ2v) is 15.3. The monoisotopic (exact) mass is 749 g/mol. The van der Waals surface area contributed by atoms with E-state index >= 15 is 0 Å². The van der Waals surface area contributed by atoms with Gasteiger partial charge in [0, 0.05) is 17.1 Å². The van der Waals surface area contributed by atoms with Crippen LogP contribution in [0, 0.1) is 0 Å². The Morgan fingerprint density at radius 3 is 1.37 bits per heavy atom. The molecule has 0 spiro atoms. The van der Waals surface area contributed by atoms with Crippen molar-refractivity contribution in [3.8, 4) is 44.5 Å². The molecule has 0 aliphatic rings. The van der Waals surface area contributed by atoms with Gasteiger partial charge in [-0.1, -0.05) is 188 Å². The Morgan fingerprint density at radius 1 is 0.203 bits per heavy atom. The van der Waals surface area contributed by atoms with Crippen LogP contribution >= 0.6 is 0 Å². The van der Waals surface area contributed by atoms with Gasteiger partial charge in [-0.2, -0.15) is 0 Å². The van der Waals surface area contributed by atoms with Gasteiger partial charge in [-0.05, 0) is 136 Å². The van der Waals surface area contributed by atoms with E-state index in [4.69, 9.17) is 0 Å². The molecule has 11 rings (SSSR count). The van der Waals surface area contributed by atoms with Crippen molar-refractivity contribution < 1.29 is 0 Å². The molecule has 1 heteroatoms. The van der Waals surface area contributed by atoms with Crippen LogP contribution in [0.5, 0.6) is 0 Å². The van der Waals surface area contributed by atoms with Gasteiger partial charge in [0.15, 0.2) is 0 Å². The van der Waals surface area contributed by atoms with E-state index in [1.807, 2.05) is 0 Å². The van der Waals surface area contributed by atoms with Crippen LogP contribution in [0.1, 0.15) is 0 Å². The van der Waals surface area contributed by atoms with Gasteiger partial charge < -0.3 is 4.90 Å². The second kappa shape index (κ2) is 14.6.